The predicted octanol–water partition coefficient (Wildman–Crippen LogP) is 2.91. The summed E-state index contributed by atoms with van der Waals surface area (Å²) in [5, 5.41) is 27.4. The van der Waals surface area contributed by atoms with Gasteiger partial charge in [-0.1, -0.05) is 19.3 Å². The van der Waals surface area contributed by atoms with E-state index in [4.69, 9.17) is 15.8 Å². The fourth-order valence-electron chi connectivity index (χ4n) is 4.29. The van der Waals surface area contributed by atoms with Crippen LogP contribution in [0.1, 0.15) is 63.4 Å². The first-order valence-electron chi connectivity index (χ1n) is 10.8. The van der Waals surface area contributed by atoms with Crippen molar-refractivity contribution in [2.24, 2.45) is 5.73 Å². The Morgan fingerprint density at radius 2 is 1.80 bits per heavy atom. The highest BCUT2D eigenvalue weighted by atomic mass is 19.1. The van der Waals surface area contributed by atoms with Gasteiger partial charge in [0.15, 0.2) is 0 Å². The molecule has 6 nitrogen and oxygen atoms in total. The Bertz CT molecular complexity index is 675. The molecule has 2 unspecified atom stereocenters. The van der Waals surface area contributed by atoms with Crippen LogP contribution in [0.3, 0.4) is 0 Å². The van der Waals surface area contributed by atoms with E-state index in [0.29, 0.717) is 37.8 Å². The standard InChI is InChI=1S/C21H33BF2N2O4/c23-17-12-16(13-18(24)14-17)15-26-11-4-1-6-19(26)7-5-9-21(25,20(27)28)8-2-3-10-22(29)30/h12-14,19,29-30H,1-11,15,25H2,(H,27,28). The molecule has 1 fully saturated rings. The maximum absolute atomic E-state index is 13.5. The van der Waals surface area contributed by atoms with Gasteiger partial charge in [-0.25, -0.2) is 8.78 Å². The summed E-state index contributed by atoms with van der Waals surface area (Å²) in [6.45, 7) is 1.31. The zero-order valence-electron chi connectivity index (χ0n) is 17.4. The van der Waals surface area contributed by atoms with Crippen LogP contribution < -0.4 is 5.73 Å². The van der Waals surface area contributed by atoms with Gasteiger partial charge in [0.1, 0.15) is 17.2 Å². The molecule has 1 heterocycles. The largest absolute Gasteiger partial charge is 0.480 e. The fourth-order valence-corrected chi connectivity index (χ4v) is 4.29. The Morgan fingerprint density at radius 3 is 2.43 bits per heavy atom. The molecule has 0 bridgehead atoms. The molecule has 0 saturated carbocycles. The third kappa shape index (κ3) is 7.94. The number of hydrogen-bond donors (Lipinski definition) is 4. The zero-order valence-corrected chi connectivity index (χ0v) is 17.4. The molecule has 1 aromatic rings. The van der Waals surface area contributed by atoms with Crippen molar-refractivity contribution in [3.05, 3.63) is 35.4 Å². The van der Waals surface area contributed by atoms with E-state index in [1.54, 1.807) is 0 Å². The molecular formula is C21H33BF2N2O4. The number of nitrogens with two attached hydrogens (primary N) is 1. The molecule has 1 saturated heterocycles. The van der Waals surface area contributed by atoms with E-state index in [9.17, 15) is 18.7 Å². The molecule has 0 aliphatic carbocycles. The summed E-state index contributed by atoms with van der Waals surface area (Å²) in [7, 11) is -1.38. The van der Waals surface area contributed by atoms with Gasteiger partial charge in [0, 0.05) is 18.7 Å². The molecule has 2 atom stereocenters. The third-order valence-electron chi connectivity index (χ3n) is 5.98. The molecular weight excluding hydrogens is 393 g/mol. The monoisotopic (exact) mass is 426 g/mol. The molecule has 1 aromatic carbocycles. The highest BCUT2D eigenvalue weighted by Crippen LogP contribution is 2.27. The van der Waals surface area contributed by atoms with Crippen LogP contribution in [0.4, 0.5) is 8.78 Å². The van der Waals surface area contributed by atoms with Crippen molar-refractivity contribution in [1.82, 2.24) is 4.90 Å². The minimum absolute atomic E-state index is 0.202. The lowest BCUT2D eigenvalue weighted by molar-refractivity contribution is -0.144. The number of carboxylic acid groups (broad SMARTS) is 1. The summed E-state index contributed by atoms with van der Waals surface area (Å²) in [6.07, 6.45) is 6.34. The molecule has 9 heteroatoms. The third-order valence-corrected chi connectivity index (χ3v) is 5.98. The van der Waals surface area contributed by atoms with Crippen LogP contribution in [0.15, 0.2) is 18.2 Å². The predicted molar refractivity (Wildman–Crippen MR) is 112 cm³/mol. The lowest BCUT2D eigenvalue weighted by Crippen LogP contribution is -2.48. The second kappa shape index (κ2) is 11.7. The Labute approximate surface area is 177 Å². The van der Waals surface area contributed by atoms with Gasteiger partial charge < -0.3 is 20.9 Å². The highest BCUT2D eigenvalue weighted by Gasteiger charge is 2.33. The molecule has 0 aromatic heterocycles. The van der Waals surface area contributed by atoms with Crippen LogP contribution >= 0.6 is 0 Å². The SMILES string of the molecule is NC(CCCCB(O)O)(CCCC1CCCCN1Cc1cc(F)cc(F)c1)C(=O)O. The van der Waals surface area contributed by atoms with Gasteiger partial charge in [0.05, 0.1) is 0 Å². The van der Waals surface area contributed by atoms with Crippen molar-refractivity contribution < 1.29 is 28.7 Å². The minimum Gasteiger partial charge on any atom is -0.480 e. The van der Waals surface area contributed by atoms with Crippen molar-refractivity contribution in [2.45, 2.75) is 82.2 Å². The van der Waals surface area contributed by atoms with Crippen LogP contribution in [-0.4, -0.2) is 51.3 Å². The van der Waals surface area contributed by atoms with E-state index in [-0.39, 0.29) is 18.8 Å². The molecule has 5 N–H and O–H groups in total. The smallest absolute Gasteiger partial charge is 0.451 e. The average Bonchev–Trinajstić information content (AvgIpc) is 2.65. The van der Waals surface area contributed by atoms with Gasteiger partial charge in [-0.05, 0) is 69.1 Å². The number of hydrogen-bond acceptors (Lipinski definition) is 5. The topological polar surface area (TPSA) is 107 Å². The number of carbonyl (C=O) groups is 1. The van der Waals surface area contributed by atoms with Crippen LogP contribution in [0.2, 0.25) is 6.32 Å². The molecule has 0 amide bonds. The molecule has 0 spiro atoms. The van der Waals surface area contributed by atoms with Gasteiger partial charge in [0.25, 0.3) is 0 Å². The number of piperidine rings is 1. The number of benzene rings is 1. The summed E-state index contributed by atoms with van der Waals surface area (Å²) in [5.74, 6) is -2.20. The number of nitrogens with zero attached hydrogens (tertiary/aromatic N) is 1. The zero-order chi connectivity index (χ0) is 22.1. The summed E-state index contributed by atoms with van der Waals surface area (Å²) in [5.41, 5.74) is 5.42. The maximum atomic E-state index is 13.5. The number of likely N-dealkylation sites (tertiary alicyclic amines) is 1. The molecule has 30 heavy (non-hydrogen) atoms. The molecule has 168 valence electrons. The lowest BCUT2D eigenvalue weighted by Gasteiger charge is -2.36. The maximum Gasteiger partial charge on any atom is 0.451 e. The Hall–Kier alpha value is -1.55. The Kier molecular flexibility index (Phi) is 9.68. The van der Waals surface area contributed by atoms with Gasteiger partial charge in [-0.2, -0.15) is 0 Å². The molecule has 0 radical (unpaired) electrons. The molecule has 1 aliphatic heterocycles. The van der Waals surface area contributed by atoms with E-state index >= 15 is 0 Å². The highest BCUT2D eigenvalue weighted by molar-refractivity contribution is 6.40. The van der Waals surface area contributed by atoms with Crippen LogP contribution in [-0.2, 0) is 11.3 Å². The van der Waals surface area contributed by atoms with Crippen LogP contribution in [0, 0.1) is 11.6 Å². The van der Waals surface area contributed by atoms with E-state index in [2.05, 4.69) is 4.90 Å². The number of halogens is 2. The van der Waals surface area contributed by atoms with E-state index < -0.39 is 30.3 Å². The quantitative estimate of drug-likeness (QED) is 0.303. The average molecular weight is 426 g/mol. The van der Waals surface area contributed by atoms with Crippen molar-refractivity contribution >= 4 is 13.1 Å². The van der Waals surface area contributed by atoms with E-state index in [1.807, 2.05) is 0 Å². The number of aliphatic carboxylic acids is 1. The number of carboxylic acids is 1. The van der Waals surface area contributed by atoms with Gasteiger partial charge >= 0.3 is 13.1 Å². The lowest BCUT2D eigenvalue weighted by atomic mass is 9.81. The van der Waals surface area contributed by atoms with Crippen molar-refractivity contribution in [1.29, 1.82) is 0 Å². The summed E-state index contributed by atoms with van der Waals surface area (Å²) < 4.78 is 27.0. The first-order chi connectivity index (χ1) is 14.2. The first-order valence-corrected chi connectivity index (χ1v) is 10.8. The minimum atomic E-state index is -1.38. The van der Waals surface area contributed by atoms with Crippen molar-refractivity contribution in [3.8, 4) is 0 Å². The van der Waals surface area contributed by atoms with Crippen molar-refractivity contribution in [3.63, 3.8) is 0 Å². The second-order valence-electron chi connectivity index (χ2n) is 8.48. The van der Waals surface area contributed by atoms with Crippen LogP contribution in [0.25, 0.3) is 0 Å². The van der Waals surface area contributed by atoms with Gasteiger partial charge in [-0.3, -0.25) is 9.69 Å². The number of unbranched alkanes of at least 4 members (excludes halogenated alkanes) is 1. The van der Waals surface area contributed by atoms with E-state index in [0.717, 1.165) is 38.3 Å². The Balaban J connectivity index is 1.88. The summed E-state index contributed by atoms with van der Waals surface area (Å²) in [4.78, 5) is 13.9. The normalized spacial score (nSPS) is 19.4. The van der Waals surface area contributed by atoms with Gasteiger partial charge in [0.2, 0.25) is 0 Å². The van der Waals surface area contributed by atoms with E-state index in [1.165, 1.54) is 12.1 Å². The second-order valence-corrected chi connectivity index (χ2v) is 8.48. The molecule has 2 rings (SSSR count). The van der Waals surface area contributed by atoms with Crippen molar-refractivity contribution in [2.75, 3.05) is 6.54 Å². The fraction of sp³-hybridized carbons (Fsp3) is 0.667. The van der Waals surface area contributed by atoms with Crippen LogP contribution in [0.5, 0.6) is 0 Å². The summed E-state index contributed by atoms with van der Waals surface area (Å²) in [6, 6.07) is 3.80. The number of rotatable bonds is 12. The van der Waals surface area contributed by atoms with Gasteiger partial charge in [-0.15, -0.1) is 0 Å². The first kappa shape index (κ1) is 24.7. The Morgan fingerprint density at radius 1 is 1.13 bits per heavy atom. The summed E-state index contributed by atoms with van der Waals surface area (Å²) >= 11 is 0. The molecule has 1 aliphatic rings.